The van der Waals surface area contributed by atoms with E-state index in [0.717, 1.165) is 17.6 Å². The molecule has 1 aliphatic carbocycles. The third-order valence-electron chi connectivity index (χ3n) is 4.33. The van der Waals surface area contributed by atoms with Crippen LogP contribution in [0, 0.1) is 5.92 Å². The zero-order valence-electron chi connectivity index (χ0n) is 13.4. The summed E-state index contributed by atoms with van der Waals surface area (Å²) in [5.74, 6) is 0.720. The molecule has 0 amide bonds. The Morgan fingerprint density at radius 1 is 1.19 bits per heavy atom. The number of anilines is 1. The lowest BCUT2D eigenvalue weighted by molar-refractivity contribution is 0.308. The Balaban J connectivity index is 1.78. The van der Waals surface area contributed by atoms with Crippen molar-refractivity contribution in [1.82, 2.24) is 10.6 Å². The second-order valence-corrected chi connectivity index (χ2v) is 6.66. The summed E-state index contributed by atoms with van der Waals surface area (Å²) < 4.78 is 0. The van der Waals surface area contributed by atoms with Gasteiger partial charge in [0.2, 0.25) is 0 Å². The Bertz CT molecular complexity index is 456. The highest BCUT2D eigenvalue weighted by atomic mass is 32.1. The van der Waals surface area contributed by atoms with Gasteiger partial charge in [0.15, 0.2) is 5.11 Å². The van der Waals surface area contributed by atoms with E-state index in [9.17, 15) is 0 Å². The normalized spacial score (nSPS) is 21.7. The molecular weight excluding hydrogens is 278 g/mol. The molecule has 1 aliphatic rings. The molecule has 21 heavy (non-hydrogen) atoms. The van der Waals surface area contributed by atoms with E-state index in [0.29, 0.717) is 6.04 Å². The van der Waals surface area contributed by atoms with Crippen LogP contribution in [0.5, 0.6) is 0 Å². The average molecular weight is 305 g/mol. The fourth-order valence-electron chi connectivity index (χ4n) is 2.84. The van der Waals surface area contributed by atoms with Crippen LogP contribution in [-0.4, -0.2) is 25.2 Å². The van der Waals surface area contributed by atoms with Crippen LogP contribution in [0.25, 0.3) is 0 Å². The summed E-state index contributed by atoms with van der Waals surface area (Å²) >= 11 is 5.42. The predicted octanol–water partition coefficient (Wildman–Crippen LogP) is 3.30. The molecule has 1 fully saturated rings. The third-order valence-corrected chi connectivity index (χ3v) is 4.60. The summed E-state index contributed by atoms with van der Waals surface area (Å²) in [7, 11) is 4.11. The van der Waals surface area contributed by atoms with Crippen LogP contribution >= 0.6 is 12.2 Å². The van der Waals surface area contributed by atoms with Crippen molar-refractivity contribution < 1.29 is 0 Å². The fourth-order valence-corrected chi connectivity index (χ4v) is 3.07. The number of thiocarbonyl (C=S) groups is 1. The van der Waals surface area contributed by atoms with Crippen molar-refractivity contribution in [2.24, 2.45) is 5.92 Å². The van der Waals surface area contributed by atoms with Gasteiger partial charge in [-0.2, -0.15) is 0 Å². The quantitative estimate of drug-likeness (QED) is 0.835. The van der Waals surface area contributed by atoms with E-state index in [4.69, 9.17) is 12.2 Å². The predicted molar refractivity (Wildman–Crippen MR) is 94.8 cm³/mol. The van der Waals surface area contributed by atoms with Crippen molar-refractivity contribution in [3.05, 3.63) is 29.8 Å². The Morgan fingerprint density at radius 2 is 1.86 bits per heavy atom. The molecule has 0 aliphatic heterocycles. The average Bonchev–Trinajstić information content (AvgIpc) is 2.48. The third kappa shape index (κ3) is 4.88. The van der Waals surface area contributed by atoms with Crippen molar-refractivity contribution in [2.45, 2.75) is 45.2 Å². The monoisotopic (exact) mass is 305 g/mol. The van der Waals surface area contributed by atoms with Gasteiger partial charge in [0.1, 0.15) is 0 Å². The molecule has 0 spiro atoms. The van der Waals surface area contributed by atoms with E-state index in [1.807, 2.05) is 0 Å². The van der Waals surface area contributed by atoms with E-state index in [1.54, 1.807) is 0 Å². The first-order valence-corrected chi connectivity index (χ1v) is 8.27. The van der Waals surface area contributed by atoms with Crippen molar-refractivity contribution in [2.75, 3.05) is 19.0 Å². The zero-order chi connectivity index (χ0) is 15.2. The van der Waals surface area contributed by atoms with Gasteiger partial charge in [-0.1, -0.05) is 31.9 Å². The number of hydrogen-bond donors (Lipinski definition) is 2. The van der Waals surface area contributed by atoms with Crippen LogP contribution in [0.15, 0.2) is 24.3 Å². The molecule has 2 rings (SSSR count). The smallest absolute Gasteiger partial charge is 0.166 e. The van der Waals surface area contributed by atoms with E-state index in [1.165, 1.54) is 36.9 Å². The number of hydrogen-bond acceptors (Lipinski definition) is 2. The minimum Gasteiger partial charge on any atom is -0.378 e. The van der Waals surface area contributed by atoms with Gasteiger partial charge < -0.3 is 15.5 Å². The molecular formula is C17H27N3S. The van der Waals surface area contributed by atoms with Gasteiger partial charge in [-0.25, -0.2) is 0 Å². The molecule has 2 atom stereocenters. The van der Waals surface area contributed by atoms with Crippen LogP contribution in [-0.2, 0) is 6.54 Å². The molecule has 0 bridgehead atoms. The van der Waals surface area contributed by atoms with E-state index >= 15 is 0 Å². The summed E-state index contributed by atoms with van der Waals surface area (Å²) in [6.07, 6.45) is 5.22. The van der Waals surface area contributed by atoms with E-state index in [-0.39, 0.29) is 0 Å². The molecule has 3 nitrogen and oxygen atoms in total. The Morgan fingerprint density at radius 3 is 2.48 bits per heavy atom. The lowest BCUT2D eigenvalue weighted by Gasteiger charge is -2.30. The minimum atomic E-state index is 0.537. The lowest BCUT2D eigenvalue weighted by atomic mass is 9.86. The van der Waals surface area contributed by atoms with Gasteiger partial charge in [-0.15, -0.1) is 0 Å². The summed E-state index contributed by atoms with van der Waals surface area (Å²) in [5, 5.41) is 7.59. The molecule has 116 valence electrons. The van der Waals surface area contributed by atoms with Gasteiger partial charge in [-0.05, 0) is 48.7 Å². The van der Waals surface area contributed by atoms with Gasteiger partial charge in [0.05, 0.1) is 0 Å². The van der Waals surface area contributed by atoms with E-state index < -0.39 is 0 Å². The maximum absolute atomic E-state index is 5.42. The maximum atomic E-state index is 5.42. The lowest BCUT2D eigenvalue weighted by Crippen LogP contribution is -2.45. The SMILES string of the molecule is C[C@@H]1CCCC[C@H]1NC(=S)NCc1ccc(N(C)C)cc1. The molecule has 4 heteroatoms. The van der Waals surface area contributed by atoms with Crippen molar-refractivity contribution in [3.63, 3.8) is 0 Å². The minimum absolute atomic E-state index is 0.537. The van der Waals surface area contributed by atoms with Crippen LogP contribution in [0.1, 0.15) is 38.2 Å². The van der Waals surface area contributed by atoms with Crippen molar-refractivity contribution in [3.8, 4) is 0 Å². The molecule has 1 aromatic carbocycles. The summed E-state index contributed by atoms with van der Waals surface area (Å²) in [6, 6.07) is 9.10. The highest BCUT2D eigenvalue weighted by Crippen LogP contribution is 2.23. The van der Waals surface area contributed by atoms with Crippen molar-refractivity contribution in [1.29, 1.82) is 0 Å². The molecule has 0 aromatic heterocycles. The first-order chi connectivity index (χ1) is 10.1. The Hall–Kier alpha value is -1.29. The molecule has 0 radical (unpaired) electrons. The van der Waals surface area contributed by atoms with Crippen LogP contribution in [0.3, 0.4) is 0 Å². The molecule has 0 saturated heterocycles. The second kappa shape index (κ2) is 7.64. The highest BCUT2D eigenvalue weighted by molar-refractivity contribution is 7.80. The fraction of sp³-hybridized carbons (Fsp3) is 0.588. The highest BCUT2D eigenvalue weighted by Gasteiger charge is 2.21. The Labute approximate surface area is 134 Å². The molecule has 1 aromatic rings. The number of benzene rings is 1. The number of nitrogens with zero attached hydrogens (tertiary/aromatic N) is 1. The maximum Gasteiger partial charge on any atom is 0.166 e. The van der Waals surface area contributed by atoms with Gasteiger partial charge in [0.25, 0.3) is 0 Å². The van der Waals surface area contributed by atoms with Crippen molar-refractivity contribution >= 4 is 23.0 Å². The molecule has 2 N–H and O–H groups in total. The second-order valence-electron chi connectivity index (χ2n) is 6.26. The first-order valence-electron chi connectivity index (χ1n) is 7.87. The Kier molecular flexibility index (Phi) is 5.85. The van der Waals surface area contributed by atoms with Gasteiger partial charge >= 0.3 is 0 Å². The molecule has 0 heterocycles. The number of rotatable bonds is 4. The summed E-state index contributed by atoms with van der Waals surface area (Å²) in [4.78, 5) is 2.11. The number of nitrogens with one attached hydrogen (secondary N) is 2. The van der Waals surface area contributed by atoms with Crippen LogP contribution in [0.2, 0.25) is 0 Å². The van der Waals surface area contributed by atoms with Gasteiger partial charge in [0, 0.05) is 32.4 Å². The molecule has 0 unspecified atom stereocenters. The summed E-state index contributed by atoms with van der Waals surface area (Å²) in [6.45, 7) is 3.10. The molecule has 1 saturated carbocycles. The van der Waals surface area contributed by atoms with Gasteiger partial charge in [-0.3, -0.25) is 0 Å². The first kappa shape index (κ1) is 16.1. The zero-order valence-corrected chi connectivity index (χ0v) is 14.2. The standard InChI is InChI=1S/C17H27N3S/c1-13-6-4-5-7-16(13)19-17(21)18-12-14-8-10-15(11-9-14)20(2)3/h8-11,13,16H,4-7,12H2,1-3H3,(H2,18,19,21)/t13-,16-/m1/s1. The topological polar surface area (TPSA) is 27.3 Å². The van der Waals surface area contributed by atoms with Crippen LogP contribution in [0.4, 0.5) is 5.69 Å². The van der Waals surface area contributed by atoms with Crippen LogP contribution < -0.4 is 15.5 Å². The van der Waals surface area contributed by atoms with E-state index in [2.05, 4.69) is 60.8 Å². The summed E-state index contributed by atoms with van der Waals surface area (Å²) in [5.41, 5.74) is 2.47. The largest absolute Gasteiger partial charge is 0.378 e.